The predicted molar refractivity (Wildman–Crippen MR) is 86.2 cm³/mol. The van der Waals surface area contributed by atoms with E-state index in [2.05, 4.69) is 28.0 Å². The van der Waals surface area contributed by atoms with Crippen LogP contribution in [0.5, 0.6) is 0 Å². The third-order valence-corrected chi connectivity index (χ3v) is 3.91. The zero-order valence-electron chi connectivity index (χ0n) is 12.5. The van der Waals surface area contributed by atoms with Crippen molar-refractivity contribution >= 4 is 21.8 Å². The van der Waals surface area contributed by atoms with Crippen molar-refractivity contribution in [2.75, 3.05) is 13.6 Å². The van der Waals surface area contributed by atoms with Crippen LogP contribution in [0.15, 0.2) is 33.3 Å². The highest BCUT2D eigenvalue weighted by atomic mass is 79.9. The Balaban J connectivity index is 2.34. The molecule has 0 aliphatic carbocycles. The molecule has 5 heteroatoms. The average molecular weight is 351 g/mol. The van der Waals surface area contributed by atoms with Crippen molar-refractivity contribution in [3.05, 3.63) is 40.0 Å². The quantitative estimate of drug-likeness (QED) is 0.808. The monoisotopic (exact) mass is 350 g/mol. The summed E-state index contributed by atoms with van der Waals surface area (Å²) in [5.74, 6) is 0.494. The number of aryl methyl sites for hydroxylation is 1. The minimum atomic E-state index is -0.0416. The van der Waals surface area contributed by atoms with Crippen molar-refractivity contribution in [3.8, 4) is 11.3 Å². The molecule has 1 aromatic heterocycles. The maximum absolute atomic E-state index is 12.6. The average Bonchev–Trinajstić information content (AvgIpc) is 2.86. The number of carbonyl (C=O) groups is 1. The van der Waals surface area contributed by atoms with E-state index in [1.54, 1.807) is 11.8 Å². The predicted octanol–water partition coefficient (Wildman–Crippen LogP) is 4.28. The Hall–Kier alpha value is -1.62. The Morgan fingerprint density at radius 2 is 2.00 bits per heavy atom. The SMILES string of the molecule is CCCCN(C)C(=O)c1c(C)noc1-c1ccc(Br)cc1. The van der Waals surface area contributed by atoms with E-state index in [4.69, 9.17) is 4.52 Å². The normalized spacial score (nSPS) is 10.7. The van der Waals surface area contributed by atoms with Gasteiger partial charge in [-0.1, -0.05) is 34.4 Å². The molecule has 0 spiro atoms. The van der Waals surface area contributed by atoms with Gasteiger partial charge in [-0.2, -0.15) is 0 Å². The van der Waals surface area contributed by atoms with Gasteiger partial charge < -0.3 is 9.42 Å². The van der Waals surface area contributed by atoms with Gasteiger partial charge in [0.2, 0.25) is 0 Å². The van der Waals surface area contributed by atoms with Crippen LogP contribution in [0, 0.1) is 6.92 Å². The molecule has 0 fully saturated rings. The fourth-order valence-electron chi connectivity index (χ4n) is 2.11. The first kappa shape index (κ1) is 15.8. The molecule has 0 bridgehead atoms. The van der Waals surface area contributed by atoms with Crippen molar-refractivity contribution < 1.29 is 9.32 Å². The number of benzene rings is 1. The van der Waals surface area contributed by atoms with Crippen LogP contribution in [0.3, 0.4) is 0 Å². The van der Waals surface area contributed by atoms with Crippen molar-refractivity contribution in [1.29, 1.82) is 0 Å². The lowest BCUT2D eigenvalue weighted by Gasteiger charge is -2.16. The van der Waals surface area contributed by atoms with Crippen molar-refractivity contribution in [2.45, 2.75) is 26.7 Å². The molecule has 1 heterocycles. The first-order valence-corrected chi connectivity index (χ1v) is 7.81. The molecule has 1 aromatic carbocycles. The molecule has 4 nitrogen and oxygen atoms in total. The molecule has 2 aromatic rings. The Morgan fingerprint density at radius 1 is 1.33 bits per heavy atom. The van der Waals surface area contributed by atoms with Gasteiger partial charge in [-0.05, 0) is 37.6 Å². The first-order valence-electron chi connectivity index (χ1n) is 7.02. The van der Waals surface area contributed by atoms with Crippen LogP contribution in [-0.2, 0) is 0 Å². The van der Waals surface area contributed by atoms with Gasteiger partial charge in [0.1, 0.15) is 5.56 Å². The molecule has 2 rings (SSSR count). The van der Waals surface area contributed by atoms with Gasteiger partial charge in [0.25, 0.3) is 5.91 Å². The van der Waals surface area contributed by atoms with Crippen LogP contribution >= 0.6 is 15.9 Å². The number of aromatic nitrogens is 1. The molecule has 0 N–H and O–H groups in total. The van der Waals surface area contributed by atoms with Crippen LogP contribution in [-0.4, -0.2) is 29.6 Å². The summed E-state index contributed by atoms with van der Waals surface area (Å²) >= 11 is 3.40. The Kier molecular flexibility index (Phi) is 5.17. The van der Waals surface area contributed by atoms with Crippen molar-refractivity contribution in [3.63, 3.8) is 0 Å². The van der Waals surface area contributed by atoms with E-state index in [0.29, 0.717) is 17.0 Å². The summed E-state index contributed by atoms with van der Waals surface area (Å²) < 4.78 is 6.37. The second-order valence-corrected chi connectivity index (χ2v) is 5.97. The molecule has 0 aliphatic rings. The van der Waals surface area contributed by atoms with Gasteiger partial charge in [0, 0.05) is 23.6 Å². The number of hydrogen-bond acceptors (Lipinski definition) is 3. The highest BCUT2D eigenvalue weighted by Gasteiger charge is 2.24. The minimum absolute atomic E-state index is 0.0416. The van der Waals surface area contributed by atoms with E-state index in [-0.39, 0.29) is 5.91 Å². The lowest BCUT2D eigenvalue weighted by Crippen LogP contribution is -2.28. The lowest BCUT2D eigenvalue weighted by molar-refractivity contribution is 0.0793. The fraction of sp³-hybridized carbons (Fsp3) is 0.375. The van der Waals surface area contributed by atoms with E-state index in [9.17, 15) is 4.79 Å². The number of nitrogens with zero attached hydrogens (tertiary/aromatic N) is 2. The molecule has 0 atom stereocenters. The second kappa shape index (κ2) is 6.89. The molecule has 112 valence electrons. The van der Waals surface area contributed by atoms with E-state index >= 15 is 0 Å². The highest BCUT2D eigenvalue weighted by Crippen LogP contribution is 2.28. The third-order valence-electron chi connectivity index (χ3n) is 3.38. The van der Waals surface area contributed by atoms with Gasteiger partial charge >= 0.3 is 0 Å². The van der Waals surface area contributed by atoms with Crippen LogP contribution in [0.4, 0.5) is 0 Å². The van der Waals surface area contributed by atoms with E-state index in [0.717, 1.165) is 29.4 Å². The van der Waals surface area contributed by atoms with Crippen LogP contribution in [0.1, 0.15) is 35.8 Å². The summed E-state index contributed by atoms with van der Waals surface area (Å²) in [5, 5.41) is 3.96. The molecule has 0 aliphatic heterocycles. The second-order valence-electron chi connectivity index (χ2n) is 5.06. The lowest BCUT2D eigenvalue weighted by atomic mass is 10.1. The van der Waals surface area contributed by atoms with Gasteiger partial charge in [-0.25, -0.2) is 0 Å². The van der Waals surface area contributed by atoms with Crippen molar-refractivity contribution in [1.82, 2.24) is 10.1 Å². The van der Waals surface area contributed by atoms with Gasteiger partial charge in [0.05, 0.1) is 5.69 Å². The van der Waals surface area contributed by atoms with E-state index in [1.165, 1.54) is 0 Å². The Bertz CT molecular complexity index is 620. The summed E-state index contributed by atoms with van der Waals surface area (Å²) in [7, 11) is 1.82. The maximum Gasteiger partial charge on any atom is 0.259 e. The Morgan fingerprint density at radius 3 is 2.62 bits per heavy atom. The topological polar surface area (TPSA) is 46.3 Å². The van der Waals surface area contributed by atoms with Crippen molar-refractivity contribution in [2.24, 2.45) is 0 Å². The number of carbonyl (C=O) groups excluding carboxylic acids is 1. The summed E-state index contributed by atoms with van der Waals surface area (Å²) in [6, 6.07) is 7.66. The summed E-state index contributed by atoms with van der Waals surface area (Å²) in [6.45, 7) is 4.64. The van der Waals surface area contributed by atoms with E-state index < -0.39 is 0 Å². The fourth-order valence-corrected chi connectivity index (χ4v) is 2.37. The summed E-state index contributed by atoms with van der Waals surface area (Å²) in [6.07, 6.45) is 2.04. The number of rotatable bonds is 5. The van der Waals surface area contributed by atoms with Gasteiger partial charge in [-0.3, -0.25) is 4.79 Å². The van der Waals surface area contributed by atoms with Crippen LogP contribution < -0.4 is 0 Å². The number of hydrogen-bond donors (Lipinski definition) is 0. The molecule has 0 saturated heterocycles. The van der Waals surface area contributed by atoms with Crippen LogP contribution in [0.25, 0.3) is 11.3 Å². The molecular formula is C16H19BrN2O2. The number of halogens is 1. The zero-order valence-corrected chi connectivity index (χ0v) is 14.1. The molecule has 0 radical (unpaired) electrons. The Labute approximate surface area is 133 Å². The minimum Gasteiger partial charge on any atom is -0.355 e. The van der Waals surface area contributed by atoms with Gasteiger partial charge in [-0.15, -0.1) is 0 Å². The van der Waals surface area contributed by atoms with E-state index in [1.807, 2.05) is 31.3 Å². The molecule has 21 heavy (non-hydrogen) atoms. The molecule has 1 amide bonds. The summed E-state index contributed by atoms with van der Waals surface area (Å²) in [5.41, 5.74) is 2.03. The molecule has 0 saturated carbocycles. The van der Waals surface area contributed by atoms with Crippen LogP contribution in [0.2, 0.25) is 0 Å². The third kappa shape index (κ3) is 3.53. The molecule has 0 unspecified atom stereocenters. The standard InChI is InChI=1S/C16H19BrN2O2/c1-4-5-10-19(3)16(20)14-11(2)18-21-15(14)12-6-8-13(17)9-7-12/h6-9H,4-5,10H2,1-3H3. The highest BCUT2D eigenvalue weighted by molar-refractivity contribution is 9.10. The zero-order chi connectivity index (χ0) is 15.4. The largest absolute Gasteiger partial charge is 0.355 e. The maximum atomic E-state index is 12.6. The smallest absolute Gasteiger partial charge is 0.259 e. The summed E-state index contributed by atoms with van der Waals surface area (Å²) in [4.78, 5) is 14.3. The first-order chi connectivity index (χ1) is 10.0. The number of amides is 1. The number of unbranched alkanes of at least 4 members (excludes halogenated alkanes) is 1. The molecular weight excluding hydrogens is 332 g/mol. The van der Waals surface area contributed by atoms with Gasteiger partial charge in [0.15, 0.2) is 5.76 Å².